The molecule has 0 fully saturated rings. The molecule has 1 N–H and O–H groups in total. The molecule has 2 rings (SSSR count). The smallest absolute Gasteiger partial charge is 0.344 e. The lowest BCUT2D eigenvalue weighted by Crippen LogP contribution is -2.34. The standard InChI is InChI=1S/C21H23NO7/c1-3-12-27-17-10-6-7-11-18(17)28-14-20(24)29-13-19(23)22-21(25)15-8-4-5-9-16(15)26-2/h4-11H,3,12-14H2,1-2H3,(H,22,23,25). The van der Waals surface area contributed by atoms with Gasteiger partial charge < -0.3 is 18.9 Å². The number of hydrogen-bond donors (Lipinski definition) is 1. The van der Waals surface area contributed by atoms with E-state index in [0.29, 0.717) is 23.9 Å². The van der Waals surface area contributed by atoms with Crippen LogP contribution in [0.5, 0.6) is 17.2 Å². The van der Waals surface area contributed by atoms with E-state index in [4.69, 9.17) is 18.9 Å². The summed E-state index contributed by atoms with van der Waals surface area (Å²) < 4.78 is 20.8. The van der Waals surface area contributed by atoms with Gasteiger partial charge in [-0.15, -0.1) is 0 Å². The van der Waals surface area contributed by atoms with Gasteiger partial charge in [-0.05, 0) is 30.7 Å². The third kappa shape index (κ3) is 6.84. The number of amides is 2. The molecule has 0 saturated carbocycles. The summed E-state index contributed by atoms with van der Waals surface area (Å²) in [6.45, 7) is 1.48. The number of nitrogens with one attached hydrogen (secondary N) is 1. The fraction of sp³-hybridized carbons (Fsp3) is 0.286. The zero-order chi connectivity index (χ0) is 21.1. The van der Waals surface area contributed by atoms with Gasteiger partial charge in [0.1, 0.15) is 5.75 Å². The quantitative estimate of drug-likeness (QED) is 0.610. The predicted octanol–water partition coefficient (Wildman–Crippen LogP) is 2.36. The molecule has 0 unspecified atom stereocenters. The molecule has 154 valence electrons. The molecule has 0 aromatic heterocycles. The first-order valence-electron chi connectivity index (χ1n) is 9.02. The fourth-order valence-electron chi connectivity index (χ4n) is 2.29. The van der Waals surface area contributed by atoms with Gasteiger partial charge in [-0.2, -0.15) is 0 Å². The monoisotopic (exact) mass is 401 g/mol. The summed E-state index contributed by atoms with van der Waals surface area (Å²) in [4.78, 5) is 35.8. The van der Waals surface area contributed by atoms with Gasteiger partial charge in [0.15, 0.2) is 24.7 Å². The van der Waals surface area contributed by atoms with E-state index < -0.39 is 31.0 Å². The highest BCUT2D eigenvalue weighted by molar-refractivity contribution is 6.06. The maximum Gasteiger partial charge on any atom is 0.344 e. The van der Waals surface area contributed by atoms with Gasteiger partial charge in [0.25, 0.3) is 11.8 Å². The molecule has 0 heterocycles. The normalized spacial score (nSPS) is 10.0. The van der Waals surface area contributed by atoms with Gasteiger partial charge in [-0.3, -0.25) is 14.9 Å². The second-order valence-electron chi connectivity index (χ2n) is 5.82. The van der Waals surface area contributed by atoms with E-state index >= 15 is 0 Å². The van der Waals surface area contributed by atoms with E-state index in [0.717, 1.165) is 6.42 Å². The number of benzene rings is 2. The second kappa shape index (κ2) is 11.3. The maximum absolute atomic E-state index is 12.1. The topological polar surface area (TPSA) is 100 Å². The minimum Gasteiger partial charge on any atom is -0.496 e. The molecular weight excluding hydrogens is 378 g/mol. The molecule has 0 saturated heterocycles. The first kappa shape index (κ1) is 21.7. The first-order chi connectivity index (χ1) is 14.0. The number of ether oxygens (including phenoxy) is 4. The van der Waals surface area contributed by atoms with E-state index in [9.17, 15) is 14.4 Å². The summed E-state index contributed by atoms with van der Waals surface area (Å²) in [6.07, 6.45) is 0.832. The van der Waals surface area contributed by atoms with Crippen molar-refractivity contribution >= 4 is 17.8 Å². The van der Waals surface area contributed by atoms with Crippen molar-refractivity contribution in [3.8, 4) is 17.2 Å². The molecule has 0 radical (unpaired) electrons. The van der Waals surface area contributed by atoms with Crippen LogP contribution >= 0.6 is 0 Å². The Kier molecular flexibility index (Phi) is 8.50. The highest BCUT2D eigenvalue weighted by atomic mass is 16.6. The summed E-state index contributed by atoms with van der Waals surface area (Å²) in [5.41, 5.74) is 0.196. The zero-order valence-corrected chi connectivity index (χ0v) is 16.3. The Morgan fingerprint density at radius 2 is 1.48 bits per heavy atom. The van der Waals surface area contributed by atoms with Crippen LogP contribution in [-0.4, -0.2) is 44.7 Å². The van der Waals surface area contributed by atoms with Crippen molar-refractivity contribution in [2.24, 2.45) is 0 Å². The molecule has 8 nitrogen and oxygen atoms in total. The Morgan fingerprint density at radius 1 is 0.862 bits per heavy atom. The van der Waals surface area contributed by atoms with E-state index in [1.54, 1.807) is 42.5 Å². The number of rotatable bonds is 10. The number of carbonyl (C=O) groups is 3. The van der Waals surface area contributed by atoms with Crippen LogP contribution in [-0.2, 0) is 14.3 Å². The molecule has 2 aromatic rings. The highest BCUT2D eigenvalue weighted by Gasteiger charge is 2.16. The van der Waals surface area contributed by atoms with Crippen LogP contribution in [0.2, 0.25) is 0 Å². The van der Waals surface area contributed by atoms with E-state index in [2.05, 4.69) is 5.32 Å². The number of hydrogen-bond acceptors (Lipinski definition) is 7. The molecule has 29 heavy (non-hydrogen) atoms. The number of methoxy groups -OCH3 is 1. The van der Waals surface area contributed by atoms with Crippen molar-refractivity contribution < 1.29 is 33.3 Å². The average Bonchev–Trinajstić information content (AvgIpc) is 2.75. The molecule has 0 atom stereocenters. The predicted molar refractivity (Wildman–Crippen MR) is 104 cm³/mol. The third-order valence-corrected chi connectivity index (χ3v) is 3.63. The van der Waals surface area contributed by atoms with Gasteiger partial charge in [-0.1, -0.05) is 31.2 Å². The summed E-state index contributed by atoms with van der Waals surface area (Å²) >= 11 is 0. The van der Waals surface area contributed by atoms with Crippen molar-refractivity contribution in [3.63, 3.8) is 0 Å². The Labute approximate surface area is 168 Å². The van der Waals surface area contributed by atoms with E-state index in [1.165, 1.54) is 13.2 Å². The summed E-state index contributed by atoms with van der Waals surface area (Å²) in [7, 11) is 1.42. The first-order valence-corrected chi connectivity index (χ1v) is 9.02. The zero-order valence-electron chi connectivity index (χ0n) is 16.3. The third-order valence-electron chi connectivity index (χ3n) is 3.63. The van der Waals surface area contributed by atoms with Crippen LogP contribution in [0.3, 0.4) is 0 Å². The summed E-state index contributed by atoms with van der Waals surface area (Å²) in [5.74, 6) is -0.930. The molecule has 0 spiro atoms. The van der Waals surface area contributed by atoms with Crippen molar-refractivity contribution in [3.05, 3.63) is 54.1 Å². The summed E-state index contributed by atoms with van der Waals surface area (Å²) in [6, 6.07) is 13.4. The molecule has 0 aliphatic carbocycles. The van der Waals surface area contributed by atoms with Gasteiger partial charge >= 0.3 is 5.97 Å². The second-order valence-corrected chi connectivity index (χ2v) is 5.82. The molecule has 0 aliphatic heterocycles. The average molecular weight is 401 g/mol. The lowest BCUT2D eigenvalue weighted by Gasteiger charge is -2.12. The Balaban J connectivity index is 1.79. The summed E-state index contributed by atoms with van der Waals surface area (Å²) in [5, 5.41) is 2.14. The number of carbonyl (C=O) groups excluding carboxylic acids is 3. The lowest BCUT2D eigenvalue weighted by molar-refractivity contribution is -0.150. The van der Waals surface area contributed by atoms with Gasteiger partial charge in [-0.25, -0.2) is 4.79 Å². The number of esters is 1. The van der Waals surface area contributed by atoms with E-state index in [1.807, 2.05) is 6.92 Å². The molecule has 0 aliphatic rings. The Hall–Kier alpha value is -3.55. The lowest BCUT2D eigenvalue weighted by atomic mass is 10.2. The highest BCUT2D eigenvalue weighted by Crippen LogP contribution is 2.26. The van der Waals surface area contributed by atoms with Crippen LogP contribution in [0, 0.1) is 0 Å². The molecular formula is C21H23NO7. The number of para-hydroxylation sites is 3. The molecule has 2 amide bonds. The fourth-order valence-corrected chi connectivity index (χ4v) is 2.29. The van der Waals surface area contributed by atoms with Crippen molar-refractivity contribution in [1.29, 1.82) is 0 Å². The van der Waals surface area contributed by atoms with Crippen molar-refractivity contribution in [2.75, 3.05) is 26.9 Å². The molecule has 0 bridgehead atoms. The number of imide groups is 1. The van der Waals surface area contributed by atoms with Crippen LogP contribution in [0.4, 0.5) is 0 Å². The van der Waals surface area contributed by atoms with Crippen molar-refractivity contribution in [1.82, 2.24) is 5.32 Å². The minimum atomic E-state index is -0.763. The van der Waals surface area contributed by atoms with Gasteiger partial charge in [0.05, 0.1) is 19.3 Å². The van der Waals surface area contributed by atoms with Crippen LogP contribution in [0.1, 0.15) is 23.7 Å². The largest absolute Gasteiger partial charge is 0.496 e. The van der Waals surface area contributed by atoms with E-state index in [-0.39, 0.29) is 5.56 Å². The minimum absolute atomic E-state index is 0.196. The molecule has 2 aromatic carbocycles. The van der Waals surface area contributed by atoms with Crippen LogP contribution < -0.4 is 19.5 Å². The molecule has 8 heteroatoms. The maximum atomic E-state index is 12.1. The van der Waals surface area contributed by atoms with Crippen molar-refractivity contribution in [2.45, 2.75) is 13.3 Å². The van der Waals surface area contributed by atoms with Crippen LogP contribution in [0.15, 0.2) is 48.5 Å². The SMILES string of the molecule is CCCOc1ccccc1OCC(=O)OCC(=O)NC(=O)c1ccccc1OC. The van der Waals surface area contributed by atoms with Crippen LogP contribution in [0.25, 0.3) is 0 Å². The van der Waals surface area contributed by atoms with Gasteiger partial charge in [0.2, 0.25) is 0 Å². The Bertz CT molecular complexity index is 850. The van der Waals surface area contributed by atoms with Gasteiger partial charge in [0, 0.05) is 0 Å². The Morgan fingerprint density at radius 3 is 2.14 bits per heavy atom.